The highest BCUT2D eigenvalue weighted by Gasteiger charge is 2.36. The molecule has 1 aromatic carbocycles. The molecule has 0 saturated heterocycles. The Morgan fingerprint density at radius 2 is 1.56 bits per heavy atom. The zero-order valence-electron chi connectivity index (χ0n) is 20.3. The summed E-state index contributed by atoms with van der Waals surface area (Å²) in [6.45, 7) is 16.0. The van der Waals surface area contributed by atoms with Gasteiger partial charge in [-0.15, -0.1) is 0 Å². The molecule has 0 spiro atoms. The molecule has 8 heteroatoms. The zero-order chi connectivity index (χ0) is 24.5. The highest BCUT2D eigenvalue weighted by molar-refractivity contribution is 7.53. The van der Waals surface area contributed by atoms with E-state index in [1.807, 2.05) is 55.4 Å². The first kappa shape index (κ1) is 26.5. The predicted octanol–water partition coefficient (Wildman–Crippen LogP) is 6.79. The molecule has 0 radical (unpaired) electrons. The standard InChI is InChI=1S/C24H36ClN2O4P/c1-9-15-18(23(3,4)5)20(28)19(24(6,7)8)16(10-2)21(15)31-32(29,30)14-27-22-17(25)12-11-13-26-22/h11-13,28H,9-10,14H2,1-8H3,(H,26,27)(H,29,30). The van der Waals surface area contributed by atoms with Crippen LogP contribution in [0.4, 0.5) is 5.82 Å². The van der Waals surface area contributed by atoms with Crippen molar-refractivity contribution in [3.8, 4) is 11.5 Å². The van der Waals surface area contributed by atoms with E-state index in [1.54, 1.807) is 18.3 Å². The number of phenolic OH excluding ortho intramolecular Hbond substituents is 1. The molecule has 178 valence electrons. The lowest BCUT2D eigenvalue weighted by Gasteiger charge is -2.34. The van der Waals surface area contributed by atoms with Gasteiger partial charge in [0.1, 0.15) is 23.6 Å². The van der Waals surface area contributed by atoms with Gasteiger partial charge in [0, 0.05) is 28.5 Å². The van der Waals surface area contributed by atoms with Gasteiger partial charge in [-0.05, 0) is 35.8 Å². The average molecular weight is 483 g/mol. The van der Waals surface area contributed by atoms with E-state index in [1.165, 1.54) is 0 Å². The van der Waals surface area contributed by atoms with Gasteiger partial charge in [-0.2, -0.15) is 0 Å². The molecule has 2 rings (SSSR count). The Morgan fingerprint density at radius 1 is 1.06 bits per heavy atom. The van der Waals surface area contributed by atoms with Crippen molar-refractivity contribution in [2.45, 2.75) is 79.1 Å². The highest BCUT2D eigenvalue weighted by Crippen LogP contribution is 2.53. The van der Waals surface area contributed by atoms with Gasteiger partial charge in [0.05, 0.1) is 5.02 Å². The Morgan fingerprint density at radius 3 is 1.97 bits per heavy atom. The molecule has 0 aliphatic rings. The fourth-order valence-electron chi connectivity index (χ4n) is 4.09. The number of hydrogen-bond donors (Lipinski definition) is 3. The Bertz CT molecular complexity index is 983. The maximum atomic E-state index is 13.1. The van der Waals surface area contributed by atoms with Crippen LogP contribution < -0.4 is 9.84 Å². The van der Waals surface area contributed by atoms with Crippen molar-refractivity contribution in [3.05, 3.63) is 45.6 Å². The van der Waals surface area contributed by atoms with Crippen LogP contribution in [0.3, 0.4) is 0 Å². The Kier molecular flexibility index (Phi) is 7.97. The normalized spacial score (nSPS) is 14.2. The quantitative estimate of drug-likeness (QED) is 0.376. The van der Waals surface area contributed by atoms with Crippen LogP contribution >= 0.6 is 19.2 Å². The van der Waals surface area contributed by atoms with Crippen molar-refractivity contribution >= 4 is 25.0 Å². The number of pyridine rings is 1. The van der Waals surface area contributed by atoms with E-state index < -0.39 is 7.60 Å². The minimum Gasteiger partial charge on any atom is -0.507 e. The summed E-state index contributed by atoms with van der Waals surface area (Å²) in [5.41, 5.74) is 2.23. The minimum absolute atomic E-state index is 0.247. The molecule has 3 N–H and O–H groups in total. The van der Waals surface area contributed by atoms with Gasteiger partial charge in [-0.3, -0.25) is 0 Å². The average Bonchev–Trinajstić information content (AvgIpc) is 2.65. The number of nitrogens with one attached hydrogen (secondary N) is 1. The number of aromatic hydroxyl groups is 1. The largest absolute Gasteiger partial charge is 0.507 e. The Balaban J connectivity index is 2.65. The molecule has 6 nitrogen and oxygen atoms in total. The highest BCUT2D eigenvalue weighted by atomic mass is 35.5. The van der Waals surface area contributed by atoms with Crippen LogP contribution in [0, 0.1) is 0 Å². The van der Waals surface area contributed by atoms with Gasteiger partial charge in [-0.25, -0.2) is 9.55 Å². The third-order valence-electron chi connectivity index (χ3n) is 5.27. The summed E-state index contributed by atoms with van der Waals surface area (Å²) in [6, 6.07) is 3.33. The lowest BCUT2D eigenvalue weighted by Crippen LogP contribution is -2.22. The molecule has 1 heterocycles. The van der Waals surface area contributed by atoms with Gasteiger partial charge in [0.15, 0.2) is 0 Å². The molecular weight excluding hydrogens is 447 g/mol. The van der Waals surface area contributed by atoms with E-state index >= 15 is 0 Å². The van der Waals surface area contributed by atoms with Gasteiger partial charge in [0.25, 0.3) is 0 Å². The summed E-state index contributed by atoms with van der Waals surface area (Å²) in [6.07, 6.45) is 2.29. The zero-order valence-corrected chi connectivity index (χ0v) is 22.0. The monoisotopic (exact) mass is 482 g/mol. The maximum absolute atomic E-state index is 13.1. The molecular formula is C24H36ClN2O4P. The van der Waals surface area contributed by atoms with Crippen LogP contribution in [0.15, 0.2) is 18.3 Å². The lowest BCUT2D eigenvalue weighted by molar-refractivity contribution is 0.371. The van der Waals surface area contributed by atoms with Crippen LogP contribution in [0.1, 0.15) is 77.6 Å². The first-order valence-electron chi connectivity index (χ1n) is 10.9. The van der Waals surface area contributed by atoms with E-state index in [4.69, 9.17) is 16.1 Å². The van der Waals surface area contributed by atoms with Crippen LogP contribution in [0.2, 0.25) is 5.02 Å². The summed E-state index contributed by atoms with van der Waals surface area (Å²) < 4.78 is 19.0. The molecule has 0 aliphatic heterocycles. The van der Waals surface area contributed by atoms with Crippen molar-refractivity contribution in [2.75, 3.05) is 11.6 Å². The molecule has 1 aromatic heterocycles. The van der Waals surface area contributed by atoms with Gasteiger partial charge in [-0.1, -0.05) is 67.0 Å². The van der Waals surface area contributed by atoms with E-state index in [9.17, 15) is 14.6 Å². The molecule has 0 amide bonds. The lowest BCUT2D eigenvalue weighted by atomic mass is 9.74. The summed E-state index contributed by atoms with van der Waals surface area (Å²) in [4.78, 5) is 14.9. The van der Waals surface area contributed by atoms with Crippen molar-refractivity contribution < 1.29 is 19.1 Å². The van der Waals surface area contributed by atoms with Crippen molar-refractivity contribution in [3.63, 3.8) is 0 Å². The number of phenols is 1. The second-order valence-electron chi connectivity index (χ2n) is 9.99. The molecule has 0 bridgehead atoms. The van der Waals surface area contributed by atoms with Crippen molar-refractivity contribution in [2.24, 2.45) is 0 Å². The van der Waals surface area contributed by atoms with E-state index in [0.29, 0.717) is 29.4 Å². The fraction of sp³-hybridized carbons (Fsp3) is 0.542. The number of hydrogen-bond acceptors (Lipinski definition) is 5. The number of aromatic nitrogens is 1. The van der Waals surface area contributed by atoms with Crippen LogP contribution in [-0.2, 0) is 28.2 Å². The Labute approximate surface area is 196 Å². The predicted molar refractivity (Wildman–Crippen MR) is 132 cm³/mol. The first-order chi connectivity index (χ1) is 14.6. The van der Waals surface area contributed by atoms with Crippen LogP contribution in [-0.4, -0.2) is 21.3 Å². The maximum Gasteiger partial charge on any atom is 0.395 e. The van der Waals surface area contributed by atoms with Crippen molar-refractivity contribution in [1.29, 1.82) is 0 Å². The summed E-state index contributed by atoms with van der Waals surface area (Å²) in [5, 5.41) is 14.5. The van der Waals surface area contributed by atoms with Crippen molar-refractivity contribution in [1.82, 2.24) is 4.98 Å². The van der Waals surface area contributed by atoms with Gasteiger partial charge >= 0.3 is 7.60 Å². The topological polar surface area (TPSA) is 91.7 Å². The molecule has 1 unspecified atom stereocenters. The molecule has 0 aliphatic carbocycles. The van der Waals surface area contributed by atoms with Crippen LogP contribution in [0.5, 0.6) is 11.5 Å². The molecule has 0 fully saturated rings. The van der Waals surface area contributed by atoms with E-state index in [2.05, 4.69) is 10.3 Å². The fourth-order valence-corrected chi connectivity index (χ4v) is 5.19. The number of anilines is 1. The third-order valence-corrected chi connectivity index (χ3v) is 6.60. The first-order valence-corrected chi connectivity index (χ1v) is 13.1. The Hall–Kier alpha value is -1.75. The summed E-state index contributed by atoms with van der Waals surface area (Å²) >= 11 is 6.10. The van der Waals surface area contributed by atoms with E-state index in [-0.39, 0.29) is 22.9 Å². The summed E-state index contributed by atoms with van der Waals surface area (Å²) in [7, 11) is -4.13. The van der Waals surface area contributed by atoms with E-state index in [0.717, 1.165) is 22.3 Å². The molecule has 0 saturated carbocycles. The number of nitrogens with zero attached hydrogens (tertiary/aromatic N) is 1. The van der Waals surface area contributed by atoms with Gasteiger partial charge < -0.3 is 19.8 Å². The smallest absolute Gasteiger partial charge is 0.395 e. The minimum atomic E-state index is -4.13. The van der Waals surface area contributed by atoms with Crippen LogP contribution in [0.25, 0.3) is 0 Å². The third kappa shape index (κ3) is 5.78. The second-order valence-corrected chi connectivity index (χ2v) is 12.2. The number of rotatable bonds is 7. The number of benzene rings is 1. The van der Waals surface area contributed by atoms with Gasteiger partial charge in [0.2, 0.25) is 0 Å². The SMILES string of the molecule is CCc1c(OP(=O)(O)CNc2ncccc2Cl)c(CC)c(C(C)(C)C)c(O)c1C(C)(C)C. The number of halogens is 1. The second kappa shape index (κ2) is 9.62. The summed E-state index contributed by atoms with van der Waals surface area (Å²) in [5.74, 6) is 0.953. The molecule has 32 heavy (non-hydrogen) atoms. The molecule has 1 atom stereocenters. The molecule has 2 aromatic rings.